The van der Waals surface area contributed by atoms with Crippen molar-refractivity contribution >= 4 is 26.7 Å². The molecule has 122 valence electrons. The highest BCUT2D eigenvalue weighted by Crippen LogP contribution is 2.34. The van der Waals surface area contributed by atoms with Crippen molar-refractivity contribution in [2.75, 3.05) is 26.2 Å². The summed E-state index contributed by atoms with van der Waals surface area (Å²) in [6.45, 7) is 4.24. The third-order valence-electron chi connectivity index (χ3n) is 4.81. The molecule has 3 aromatic carbocycles. The Labute approximate surface area is 151 Å². The first-order valence-corrected chi connectivity index (χ1v) is 9.30. The molecule has 0 aromatic heterocycles. The molecule has 1 heterocycles. The standard InChI is InChI=1S/C21H21BrN2/c22-20-8-4-3-7-19(20)21(24-13-11-23-12-14-24)18-10-9-16-5-1-2-6-17(16)15-18/h1-10,15,21,23H,11-14H2. The van der Waals surface area contributed by atoms with Crippen LogP contribution in [0.2, 0.25) is 0 Å². The molecule has 1 aliphatic rings. The molecule has 0 aliphatic carbocycles. The van der Waals surface area contributed by atoms with Gasteiger partial charge in [0.15, 0.2) is 0 Å². The van der Waals surface area contributed by atoms with Gasteiger partial charge in [-0.25, -0.2) is 0 Å². The minimum absolute atomic E-state index is 0.285. The van der Waals surface area contributed by atoms with Crippen LogP contribution in [-0.4, -0.2) is 31.1 Å². The second-order valence-electron chi connectivity index (χ2n) is 6.32. The predicted molar refractivity (Wildman–Crippen MR) is 104 cm³/mol. The van der Waals surface area contributed by atoms with Crippen molar-refractivity contribution < 1.29 is 0 Å². The quantitative estimate of drug-likeness (QED) is 0.714. The molecule has 0 radical (unpaired) electrons. The molecule has 1 fully saturated rings. The minimum atomic E-state index is 0.285. The predicted octanol–water partition coefficient (Wildman–Crippen LogP) is 4.60. The van der Waals surface area contributed by atoms with Crippen LogP contribution in [0.25, 0.3) is 10.8 Å². The summed E-state index contributed by atoms with van der Waals surface area (Å²) in [6, 6.07) is 24.4. The maximum Gasteiger partial charge on any atom is 0.0614 e. The van der Waals surface area contributed by atoms with E-state index >= 15 is 0 Å². The number of nitrogens with one attached hydrogen (secondary N) is 1. The smallest absolute Gasteiger partial charge is 0.0614 e. The SMILES string of the molecule is Brc1ccccc1C(c1ccc2ccccc2c1)N1CCNCC1. The second-order valence-corrected chi connectivity index (χ2v) is 7.17. The number of hydrogen-bond donors (Lipinski definition) is 1. The number of piperazine rings is 1. The van der Waals surface area contributed by atoms with Crippen molar-refractivity contribution in [3.8, 4) is 0 Å². The third-order valence-corrected chi connectivity index (χ3v) is 5.53. The Bertz CT molecular complexity index is 840. The highest BCUT2D eigenvalue weighted by molar-refractivity contribution is 9.10. The van der Waals surface area contributed by atoms with Crippen molar-refractivity contribution in [3.05, 3.63) is 82.3 Å². The van der Waals surface area contributed by atoms with Crippen molar-refractivity contribution in [1.29, 1.82) is 0 Å². The van der Waals surface area contributed by atoms with Crippen LogP contribution in [0.3, 0.4) is 0 Å². The van der Waals surface area contributed by atoms with Gasteiger partial charge in [-0.2, -0.15) is 0 Å². The molecule has 1 N–H and O–H groups in total. The lowest BCUT2D eigenvalue weighted by Crippen LogP contribution is -2.45. The van der Waals surface area contributed by atoms with Crippen LogP contribution in [0, 0.1) is 0 Å². The average molecular weight is 381 g/mol. The fraction of sp³-hybridized carbons (Fsp3) is 0.238. The number of halogens is 1. The Balaban J connectivity index is 1.82. The van der Waals surface area contributed by atoms with E-state index in [1.54, 1.807) is 0 Å². The topological polar surface area (TPSA) is 15.3 Å². The van der Waals surface area contributed by atoms with Gasteiger partial charge in [0.1, 0.15) is 0 Å². The van der Waals surface area contributed by atoms with Gasteiger partial charge in [0.25, 0.3) is 0 Å². The maximum atomic E-state index is 3.77. The van der Waals surface area contributed by atoms with Crippen LogP contribution in [0.1, 0.15) is 17.2 Å². The monoisotopic (exact) mass is 380 g/mol. The van der Waals surface area contributed by atoms with Gasteiger partial charge in [-0.05, 0) is 34.0 Å². The highest BCUT2D eigenvalue weighted by Gasteiger charge is 2.25. The molecule has 0 bridgehead atoms. The summed E-state index contributed by atoms with van der Waals surface area (Å²) < 4.78 is 1.18. The molecule has 1 unspecified atom stereocenters. The Hall–Kier alpha value is -1.68. The minimum Gasteiger partial charge on any atom is -0.314 e. The van der Waals surface area contributed by atoms with E-state index in [0.29, 0.717) is 0 Å². The Morgan fingerprint density at radius 3 is 2.33 bits per heavy atom. The van der Waals surface area contributed by atoms with Gasteiger partial charge in [0.2, 0.25) is 0 Å². The van der Waals surface area contributed by atoms with Crippen molar-refractivity contribution in [2.45, 2.75) is 6.04 Å². The summed E-state index contributed by atoms with van der Waals surface area (Å²) in [7, 11) is 0. The van der Waals surface area contributed by atoms with Crippen LogP contribution >= 0.6 is 15.9 Å². The Morgan fingerprint density at radius 1 is 0.833 bits per heavy atom. The van der Waals surface area contributed by atoms with Crippen LogP contribution in [-0.2, 0) is 0 Å². The highest BCUT2D eigenvalue weighted by atomic mass is 79.9. The molecular weight excluding hydrogens is 360 g/mol. The molecule has 3 heteroatoms. The summed E-state index contributed by atoms with van der Waals surface area (Å²) in [5.41, 5.74) is 2.71. The Kier molecular flexibility index (Phi) is 4.65. The molecule has 2 nitrogen and oxygen atoms in total. The molecule has 1 aliphatic heterocycles. The lowest BCUT2D eigenvalue weighted by atomic mass is 9.94. The Morgan fingerprint density at radius 2 is 1.54 bits per heavy atom. The second kappa shape index (κ2) is 7.06. The zero-order chi connectivity index (χ0) is 16.4. The number of rotatable bonds is 3. The molecule has 24 heavy (non-hydrogen) atoms. The van der Waals surface area contributed by atoms with Gasteiger partial charge in [-0.15, -0.1) is 0 Å². The average Bonchev–Trinajstić information content (AvgIpc) is 2.64. The van der Waals surface area contributed by atoms with Crippen molar-refractivity contribution in [3.63, 3.8) is 0 Å². The van der Waals surface area contributed by atoms with Gasteiger partial charge in [0, 0.05) is 30.7 Å². The number of hydrogen-bond acceptors (Lipinski definition) is 2. The zero-order valence-electron chi connectivity index (χ0n) is 13.6. The van der Waals surface area contributed by atoms with Gasteiger partial charge >= 0.3 is 0 Å². The zero-order valence-corrected chi connectivity index (χ0v) is 15.2. The molecule has 0 amide bonds. The molecule has 1 atom stereocenters. The largest absolute Gasteiger partial charge is 0.314 e. The first kappa shape index (κ1) is 15.8. The normalized spacial score (nSPS) is 17.0. The number of nitrogens with zero attached hydrogens (tertiary/aromatic N) is 1. The molecule has 1 saturated heterocycles. The summed E-state index contributed by atoms with van der Waals surface area (Å²) in [5, 5.41) is 6.07. The van der Waals surface area contributed by atoms with E-state index in [1.807, 2.05) is 0 Å². The molecule has 0 saturated carbocycles. The van der Waals surface area contributed by atoms with Crippen LogP contribution in [0.5, 0.6) is 0 Å². The molecule has 3 aromatic rings. The lowest BCUT2D eigenvalue weighted by Gasteiger charge is -2.36. The van der Waals surface area contributed by atoms with E-state index in [9.17, 15) is 0 Å². The summed E-state index contributed by atoms with van der Waals surface area (Å²) in [4.78, 5) is 2.58. The number of benzene rings is 3. The first-order valence-electron chi connectivity index (χ1n) is 8.51. The van der Waals surface area contributed by atoms with Crippen molar-refractivity contribution in [1.82, 2.24) is 10.2 Å². The van der Waals surface area contributed by atoms with Gasteiger partial charge in [0.05, 0.1) is 6.04 Å². The van der Waals surface area contributed by atoms with E-state index in [4.69, 9.17) is 0 Å². The van der Waals surface area contributed by atoms with Crippen LogP contribution in [0.15, 0.2) is 71.2 Å². The van der Waals surface area contributed by atoms with E-state index in [2.05, 4.69) is 92.9 Å². The van der Waals surface area contributed by atoms with E-state index in [-0.39, 0.29) is 6.04 Å². The van der Waals surface area contributed by atoms with E-state index < -0.39 is 0 Å². The van der Waals surface area contributed by atoms with Gasteiger partial charge in [-0.1, -0.05) is 70.5 Å². The third kappa shape index (κ3) is 3.12. The van der Waals surface area contributed by atoms with Crippen molar-refractivity contribution in [2.24, 2.45) is 0 Å². The van der Waals surface area contributed by atoms with E-state index in [0.717, 1.165) is 26.2 Å². The van der Waals surface area contributed by atoms with Gasteiger partial charge in [-0.3, -0.25) is 4.90 Å². The lowest BCUT2D eigenvalue weighted by molar-refractivity contribution is 0.198. The molecular formula is C21H21BrN2. The molecule has 4 rings (SSSR count). The first-order chi connectivity index (χ1) is 11.8. The summed E-state index contributed by atoms with van der Waals surface area (Å²) >= 11 is 3.77. The molecule has 0 spiro atoms. The van der Waals surface area contributed by atoms with Crippen LogP contribution in [0.4, 0.5) is 0 Å². The summed E-state index contributed by atoms with van der Waals surface area (Å²) in [5.74, 6) is 0. The van der Waals surface area contributed by atoms with Crippen LogP contribution < -0.4 is 5.32 Å². The fourth-order valence-corrected chi connectivity index (χ4v) is 4.10. The fourth-order valence-electron chi connectivity index (χ4n) is 3.60. The van der Waals surface area contributed by atoms with E-state index in [1.165, 1.54) is 26.4 Å². The van der Waals surface area contributed by atoms with Gasteiger partial charge < -0.3 is 5.32 Å². The summed E-state index contributed by atoms with van der Waals surface area (Å²) in [6.07, 6.45) is 0. The maximum absolute atomic E-state index is 3.77. The number of fused-ring (bicyclic) bond motifs is 1.